The molecule has 1 aliphatic heterocycles. The zero-order valence-corrected chi connectivity index (χ0v) is 18.6. The van der Waals surface area contributed by atoms with Crippen molar-refractivity contribution < 1.29 is 22.7 Å². The zero-order chi connectivity index (χ0) is 21.9. The topological polar surface area (TPSA) is 84.9 Å². The molecule has 0 saturated heterocycles. The predicted octanol–water partition coefficient (Wildman–Crippen LogP) is 3.43. The van der Waals surface area contributed by atoms with Crippen molar-refractivity contribution in [3.05, 3.63) is 47.5 Å². The van der Waals surface area contributed by atoms with Gasteiger partial charge < -0.3 is 14.4 Å². The number of nitrogens with zero attached hydrogens (tertiary/aromatic N) is 1. The molecule has 0 bridgehead atoms. The molecule has 2 aromatic carbocycles. The van der Waals surface area contributed by atoms with Crippen LogP contribution in [0.1, 0.15) is 43.9 Å². The van der Waals surface area contributed by atoms with Gasteiger partial charge in [0.2, 0.25) is 15.9 Å². The van der Waals surface area contributed by atoms with E-state index in [1.54, 1.807) is 49.5 Å². The summed E-state index contributed by atoms with van der Waals surface area (Å²) in [7, 11) is -0.644. The van der Waals surface area contributed by atoms with Crippen LogP contribution < -0.4 is 19.1 Å². The molecule has 3 rings (SSSR count). The summed E-state index contributed by atoms with van der Waals surface area (Å²) in [5, 5.41) is 0. The molecule has 1 amide bonds. The van der Waals surface area contributed by atoms with Gasteiger partial charge in [-0.15, -0.1) is 0 Å². The van der Waals surface area contributed by atoms with Gasteiger partial charge in [0.05, 0.1) is 19.1 Å². The molecule has 0 fully saturated rings. The SMILES string of the molecule is CCC(=O)N1CCc2cc(S(=O)(=O)N[C@H](CC)c3ccc(OC)c(OC)c3)ccc21. The van der Waals surface area contributed by atoms with Crippen LogP contribution in [0.3, 0.4) is 0 Å². The van der Waals surface area contributed by atoms with Crippen molar-refractivity contribution in [1.82, 2.24) is 4.72 Å². The smallest absolute Gasteiger partial charge is 0.241 e. The van der Waals surface area contributed by atoms with Crippen molar-refractivity contribution in [2.75, 3.05) is 25.7 Å². The third kappa shape index (κ3) is 4.29. The summed E-state index contributed by atoms with van der Waals surface area (Å²) in [5.41, 5.74) is 2.46. The van der Waals surface area contributed by atoms with Crippen LogP contribution in [0.2, 0.25) is 0 Å². The maximum Gasteiger partial charge on any atom is 0.241 e. The van der Waals surface area contributed by atoms with Crippen LogP contribution in [0.25, 0.3) is 0 Å². The lowest BCUT2D eigenvalue weighted by atomic mass is 10.1. The van der Waals surface area contributed by atoms with Gasteiger partial charge in [0.25, 0.3) is 0 Å². The molecule has 8 heteroatoms. The van der Waals surface area contributed by atoms with E-state index in [1.165, 1.54) is 0 Å². The Hall–Kier alpha value is -2.58. The summed E-state index contributed by atoms with van der Waals surface area (Å²) in [5.74, 6) is 1.18. The highest BCUT2D eigenvalue weighted by Crippen LogP contribution is 2.33. The summed E-state index contributed by atoms with van der Waals surface area (Å²) in [6.45, 7) is 4.32. The highest BCUT2D eigenvalue weighted by Gasteiger charge is 2.27. The fraction of sp³-hybridized carbons (Fsp3) is 0.409. The number of hydrogen-bond donors (Lipinski definition) is 1. The molecule has 0 radical (unpaired) electrons. The molecular weight excluding hydrogens is 404 g/mol. The molecule has 1 aliphatic rings. The molecular formula is C22H28N2O5S. The van der Waals surface area contributed by atoms with Gasteiger partial charge in [0, 0.05) is 24.7 Å². The summed E-state index contributed by atoms with van der Waals surface area (Å²) < 4.78 is 39.5. The van der Waals surface area contributed by atoms with E-state index in [4.69, 9.17) is 9.47 Å². The molecule has 1 N–H and O–H groups in total. The monoisotopic (exact) mass is 432 g/mol. The lowest BCUT2D eigenvalue weighted by molar-refractivity contribution is -0.118. The van der Waals surface area contributed by atoms with E-state index in [9.17, 15) is 13.2 Å². The lowest BCUT2D eigenvalue weighted by Crippen LogP contribution is -2.29. The maximum atomic E-state index is 13.1. The van der Waals surface area contributed by atoms with Gasteiger partial charge in [0.1, 0.15) is 0 Å². The molecule has 162 valence electrons. The molecule has 1 atom stereocenters. The van der Waals surface area contributed by atoms with E-state index < -0.39 is 16.1 Å². The molecule has 0 saturated carbocycles. The summed E-state index contributed by atoms with van der Waals surface area (Å²) in [6.07, 6.45) is 1.64. The van der Waals surface area contributed by atoms with Crippen molar-refractivity contribution in [3.63, 3.8) is 0 Å². The second kappa shape index (κ2) is 9.06. The maximum absolute atomic E-state index is 13.1. The van der Waals surface area contributed by atoms with Crippen LogP contribution in [-0.4, -0.2) is 35.1 Å². The van der Waals surface area contributed by atoms with E-state index in [-0.39, 0.29) is 10.8 Å². The first-order valence-corrected chi connectivity index (χ1v) is 11.5. The molecule has 0 aromatic heterocycles. The number of anilines is 1. The number of carbonyl (C=O) groups is 1. The average Bonchev–Trinajstić information content (AvgIpc) is 3.19. The van der Waals surface area contributed by atoms with E-state index in [0.717, 1.165) is 16.8 Å². The number of sulfonamides is 1. The number of carbonyl (C=O) groups excluding carboxylic acids is 1. The van der Waals surface area contributed by atoms with Gasteiger partial charge in [-0.2, -0.15) is 0 Å². The Kier molecular flexibility index (Phi) is 6.67. The van der Waals surface area contributed by atoms with Crippen LogP contribution in [-0.2, 0) is 21.2 Å². The average molecular weight is 433 g/mol. The minimum Gasteiger partial charge on any atom is -0.493 e. The van der Waals surface area contributed by atoms with Gasteiger partial charge in [0.15, 0.2) is 11.5 Å². The van der Waals surface area contributed by atoms with Gasteiger partial charge >= 0.3 is 0 Å². The Bertz CT molecular complexity index is 1040. The first-order chi connectivity index (χ1) is 14.3. The molecule has 0 aliphatic carbocycles. The largest absolute Gasteiger partial charge is 0.493 e. The van der Waals surface area contributed by atoms with Gasteiger partial charge in [-0.3, -0.25) is 4.79 Å². The number of hydrogen-bond acceptors (Lipinski definition) is 5. The van der Waals surface area contributed by atoms with Crippen molar-refractivity contribution in [1.29, 1.82) is 0 Å². The molecule has 2 aromatic rings. The van der Waals surface area contributed by atoms with Gasteiger partial charge in [-0.05, 0) is 54.3 Å². The summed E-state index contributed by atoms with van der Waals surface area (Å²) in [4.78, 5) is 14.0. The second-order valence-electron chi connectivity index (χ2n) is 7.14. The Morgan fingerprint density at radius 2 is 1.83 bits per heavy atom. The molecule has 7 nitrogen and oxygen atoms in total. The summed E-state index contributed by atoms with van der Waals surface area (Å²) in [6, 6.07) is 9.91. The lowest BCUT2D eigenvalue weighted by Gasteiger charge is -2.20. The van der Waals surface area contributed by atoms with Crippen molar-refractivity contribution >= 4 is 21.6 Å². The second-order valence-corrected chi connectivity index (χ2v) is 8.85. The number of methoxy groups -OCH3 is 2. The minimum atomic E-state index is -3.75. The van der Waals surface area contributed by atoms with Crippen LogP contribution >= 0.6 is 0 Å². The Balaban J connectivity index is 1.86. The van der Waals surface area contributed by atoms with Crippen LogP contribution in [0.15, 0.2) is 41.3 Å². The van der Waals surface area contributed by atoms with E-state index in [0.29, 0.717) is 37.3 Å². The highest BCUT2D eigenvalue weighted by atomic mass is 32.2. The predicted molar refractivity (Wildman–Crippen MR) is 116 cm³/mol. The zero-order valence-electron chi connectivity index (χ0n) is 17.8. The fourth-order valence-corrected chi connectivity index (χ4v) is 5.07. The van der Waals surface area contributed by atoms with Crippen LogP contribution in [0.5, 0.6) is 11.5 Å². The standard InChI is InChI=1S/C22H28N2O5S/c1-5-18(15-7-10-20(28-3)21(14-15)29-4)23-30(26,27)17-8-9-19-16(13-17)11-12-24(19)22(25)6-2/h7-10,13-14,18,23H,5-6,11-12H2,1-4H3/t18-/m1/s1. The first-order valence-electron chi connectivity index (χ1n) is 10.0. The van der Waals surface area contributed by atoms with Crippen LogP contribution in [0.4, 0.5) is 5.69 Å². The number of nitrogens with one attached hydrogen (secondary N) is 1. The van der Waals surface area contributed by atoms with E-state index in [1.807, 2.05) is 19.9 Å². The summed E-state index contributed by atoms with van der Waals surface area (Å²) >= 11 is 0. The number of amides is 1. The molecule has 30 heavy (non-hydrogen) atoms. The number of benzene rings is 2. The third-order valence-corrected chi connectivity index (χ3v) is 6.85. The fourth-order valence-electron chi connectivity index (χ4n) is 3.71. The molecule has 0 unspecified atom stereocenters. The van der Waals surface area contributed by atoms with E-state index >= 15 is 0 Å². The number of ether oxygens (including phenoxy) is 2. The van der Waals surface area contributed by atoms with Crippen molar-refractivity contribution in [2.45, 2.75) is 44.0 Å². The quantitative estimate of drug-likeness (QED) is 0.691. The Labute approximate surface area is 178 Å². The van der Waals surface area contributed by atoms with Gasteiger partial charge in [-0.1, -0.05) is 19.9 Å². The van der Waals surface area contributed by atoms with Gasteiger partial charge in [-0.25, -0.2) is 13.1 Å². The normalized spacial score (nSPS) is 14.3. The van der Waals surface area contributed by atoms with E-state index in [2.05, 4.69) is 4.72 Å². The molecule has 1 heterocycles. The van der Waals surface area contributed by atoms with Crippen molar-refractivity contribution in [2.24, 2.45) is 0 Å². The molecule has 0 spiro atoms. The first kappa shape index (κ1) is 22.1. The van der Waals surface area contributed by atoms with Crippen LogP contribution in [0, 0.1) is 0 Å². The minimum absolute atomic E-state index is 0.0435. The van der Waals surface area contributed by atoms with Crippen molar-refractivity contribution in [3.8, 4) is 11.5 Å². The Morgan fingerprint density at radius 1 is 1.10 bits per heavy atom. The highest BCUT2D eigenvalue weighted by molar-refractivity contribution is 7.89. The number of rotatable bonds is 8. The Morgan fingerprint density at radius 3 is 2.47 bits per heavy atom. The third-order valence-electron chi connectivity index (χ3n) is 5.38. The number of fused-ring (bicyclic) bond motifs is 1.